The van der Waals surface area contributed by atoms with Crippen LogP contribution < -0.4 is 5.32 Å². The minimum Gasteiger partial charge on any atom is -0.483 e. The summed E-state index contributed by atoms with van der Waals surface area (Å²) in [5.41, 5.74) is 1.10. The van der Waals surface area contributed by atoms with Crippen molar-refractivity contribution in [2.75, 3.05) is 0 Å². The SMILES string of the molecule is O=C1CCC(c2cccc(Cl)c2)N1.O=CO. The highest BCUT2D eigenvalue weighted by atomic mass is 35.5. The van der Waals surface area contributed by atoms with Crippen molar-refractivity contribution in [3.05, 3.63) is 34.9 Å². The molecule has 4 nitrogen and oxygen atoms in total. The molecule has 5 heteroatoms. The number of carboxylic acid groups (broad SMARTS) is 1. The highest BCUT2D eigenvalue weighted by molar-refractivity contribution is 6.30. The molecular formula is C11H12ClNO3. The zero-order chi connectivity index (χ0) is 12.0. The standard InChI is InChI=1S/C10H10ClNO.CH2O2/c11-8-3-1-2-7(6-8)9-4-5-10(13)12-9;2-1-3/h1-3,6,9H,4-5H2,(H,12,13);1H,(H,2,3). The minimum atomic E-state index is -0.250. The van der Waals surface area contributed by atoms with E-state index >= 15 is 0 Å². The van der Waals surface area contributed by atoms with E-state index in [-0.39, 0.29) is 18.4 Å². The summed E-state index contributed by atoms with van der Waals surface area (Å²) >= 11 is 5.85. The van der Waals surface area contributed by atoms with E-state index in [1.807, 2.05) is 24.3 Å². The van der Waals surface area contributed by atoms with E-state index in [4.69, 9.17) is 21.5 Å². The minimum absolute atomic E-state index is 0.130. The predicted octanol–water partition coefficient (Wildman–Crippen LogP) is 1.99. The number of hydrogen-bond acceptors (Lipinski definition) is 2. The van der Waals surface area contributed by atoms with Gasteiger partial charge in [0.1, 0.15) is 0 Å². The monoisotopic (exact) mass is 241 g/mol. The lowest BCUT2D eigenvalue weighted by Gasteiger charge is -2.09. The molecule has 1 aromatic carbocycles. The van der Waals surface area contributed by atoms with Crippen LogP contribution in [0.5, 0.6) is 0 Å². The lowest BCUT2D eigenvalue weighted by molar-refractivity contribution is -0.123. The van der Waals surface area contributed by atoms with Gasteiger partial charge in [-0.3, -0.25) is 9.59 Å². The second-order valence-electron chi connectivity index (χ2n) is 3.32. The van der Waals surface area contributed by atoms with Crippen LogP contribution in [0.2, 0.25) is 5.02 Å². The van der Waals surface area contributed by atoms with Gasteiger partial charge in [0.15, 0.2) is 0 Å². The van der Waals surface area contributed by atoms with E-state index in [9.17, 15) is 4.79 Å². The maximum atomic E-state index is 11.0. The molecule has 86 valence electrons. The summed E-state index contributed by atoms with van der Waals surface area (Å²) in [5, 5.41) is 10.5. The topological polar surface area (TPSA) is 66.4 Å². The van der Waals surface area contributed by atoms with Gasteiger partial charge >= 0.3 is 0 Å². The molecule has 0 radical (unpaired) electrons. The van der Waals surface area contributed by atoms with E-state index in [0.29, 0.717) is 6.42 Å². The molecule has 1 amide bonds. The van der Waals surface area contributed by atoms with Crippen LogP contribution in [0.3, 0.4) is 0 Å². The molecule has 2 N–H and O–H groups in total. The number of nitrogens with one attached hydrogen (secondary N) is 1. The summed E-state index contributed by atoms with van der Waals surface area (Å²) < 4.78 is 0. The maximum absolute atomic E-state index is 11.0. The van der Waals surface area contributed by atoms with Crippen molar-refractivity contribution < 1.29 is 14.7 Å². The molecule has 1 aromatic rings. The Labute approximate surface area is 98.2 Å². The fourth-order valence-corrected chi connectivity index (χ4v) is 1.79. The van der Waals surface area contributed by atoms with Gasteiger partial charge in [-0.25, -0.2) is 0 Å². The number of amides is 1. The van der Waals surface area contributed by atoms with Crippen molar-refractivity contribution >= 4 is 24.0 Å². The van der Waals surface area contributed by atoms with Crippen molar-refractivity contribution in [3.63, 3.8) is 0 Å². The van der Waals surface area contributed by atoms with Crippen molar-refractivity contribution in [2.24, 2.45) is 0 Å². The zero-order valence-corrected chi connectivity index (χ0v) is 9.28. The second-order valence-corrected chi connectivity index (χ2v) is 3.76. The first-order valence-corrected chi connectivity index (χ1v) is 5.18. The van der Waals surface area contributed by atoms with Gasteiger partial charge in [-0.05, 0) is 24.1 Å². The first-order chi connectivity index (χ1) is 7.67. The molecule has 1 saturated heterocycles. The lowest BCUT2D eigenvalue weighted by atomic mass is 10.1. The number of halogens is 1. The molecule has 1 heterocycles. The number of rotatable bonds is 1. The fraction of sp³-hybridized carbons (Fsp3) is 0.273. The zero-order valence-electron chi connectivity index (χ0n) is 8.52. The van der Waals surface area contributed by atoms with Gasteiger partial charge in [0.2, 0.25) is 5.91 Å². The van der Waals surface area contributed by atoms with E-state index in [2.05, 4.69) is 5.32 Å². The molecule has 1 aliphatic heterocycles. The predicted molar refractivity (Wildman–Crippen MR) is 60.3 cm³/mol. The van der Waals surface area contributed by atoms with Crippen LogP contribution in [0.25, 0.3) is 0 Å². The van der Waals surface area contributed by atoms with E-state index in [0.717, 1.165) is 17.0 Å². The van der Waals surface area contributed by atoms with Crippen LogP contribution in [0, 0.1) is 0 Å². The summed E-state index contributed by atoms with van der Waals surface area (Å²) in [6.07, 6.45) is 1.50. The molecule has 0 saturated carbocycles. The summed E-state index contributed by atoms with van der Waals surface area (Å²) in [6, 6.07) is 7.79. The number of hydrogen-bond donors (Lipinski definition) is 2. The van der Waals surface area contributed by atoms with Crippen LogP contribution in [-0.2, 0) is 9.59 Å². The molecule has 1 fully saturated rings. The Kier molecular flexibility index (Phi) is 4.79. The Morgan fingerprint density at radius 1 is 1.50 bits per heavy atom. The molecule has 1 unspecified atom stereocenters. The third-order valence-corrected chi connectivity index (χ3v) is 2.48. The van der Waals surface area contributed by atoms with Gasteiger partial charge in [-0.1, -0.05) is 23.7 Å². The smallest absolute Gasteiger partial charge is 0.290 e. The average Bonchev–Trinajstić information content (AvgIpc) is 2.66. The molecular weight excluding hydrogens is 230 g/mol. The highest BCUT2D eigenvalue weighted by Gasteiger charge is 2.21. The second kappa shape index (κ2) is 6.12. The van der Waals surface area contributed by atoms with Crippen molar-refractivity contribution in [3.8, 4) is 0 Å². The van der Waals surface area contributed by atoms with Gasteiger partial charge in [-0.15, -0.1) is 0 Å². The summed E-state index contributed by atoms with van der Waals surface area (Å²) in [7, 11) is 0. The number of benzene rings is 1. The summed E-state index contributed by atoms with van der Waals surface area (Å²) in [4.78, 5) is 19.3. The third-order valence-electron chi connectivity index (χ3n) is 2.25. The molecule has 16 heavy (non-hydrogen) atoms. The molecule has 0 bridgehead atoms. The summed E-state index contributed by atoms with van der Waals surface area (Å²) in [5.74, 6) is 0.130. The first-order valence-electron chi connectivity index (χ1n) is 4.80. The van der Waals surface area contributed by atoms with Crippen molar-refractivity contribution in [1.29, 1.82) is 0 Å². The van der Waals surface area contributed by atoms with Crippen LogP contribution in [0.1, 0.15) is 24.4 Å². The Hall–Kier alpha value is -1.55. The first kappa shape index (κ1) is 12.5. The molecule has 0 aromatic heterocycles. The van der Waals surface area contributed by atoms with Crippen LogP contribution >= 0.6 is 11.6 Å². The van der Waals surface area contributed by atoms with Gasteiger partial charge in [0, 0.05) is 11.4 Å². The normalized spacial score (nSPS) is 18.3. The molecule has 1 atom stereocenters. The quantitative estimate of drug-likeness (QED) is 0.739. The maximum Gasteiger partial charge on any atom is 0.290 e. The summed E-state index contributed by atoms with van der Waals surface area (Å²) in [6.45, 7) is -0.250. The molecule has 0 aliphatic carbocycles. The van der Waals surface area contributed by atoms with E-state index in [1.54, 1.807) is 0 Å². The average molecular weight is 242 g/mol. The van der Waals surface area contributed by atoms with Crippen LogP contribution in [-0.4, -0.2) is 17.5 Å². The molecule has 0 spiro atoms. The highest BCUT2D eigenvalue weighted by Crippen LogP contribution is 2.25. The fourth-order valence-electron chi connectivity index (χ4n) is 1.59. The Morgan fingerprint density at radius 2 is 2.19 bits per heavy atom. The Balaban J connectivity index is 0.000000386. The lowest BCUT2D eigenvalue weighted by Crippen LogP contribution is -2.18. The van der Waals surface area contributed by atoms with Crippen molar-refractivity contribution in [2.45, 2.75) is 18.9 Å². The Morgan fingerprint density at radius 3 is 2.69 bits per heavy atom. The molecule has 1 aliphatic rings. The number of carbonyl (C=O) groups excluding carboxylic acids is 1. The van der Waals surface area contributed by atoms with Gasteiger partial charge < -0.3 is 10.4 Å². The van der Waals surface area contributed by atoms with Gasteiger partial charge in [0.05, 0.1) is 6.04 Å². The van der Waals surface area contributed by atoms with Crippen LogP contribution in [0.15, 0.2) is 24.3 Å². The van der Waals surface area contributed by atoms with Gasteiger partial charge in [0.25, 0.3) is 6.47 Å². The van der Waals surface area contributed by atoms with E-state index in [1.165, 1.54) is 0 Å². The van der Waals surface area contributed by atoms with Crippen molar-refractivity contribution in [1.82, 2.24) is 5.32 Å². The molecule has 2 rings (SSSR count). The van der Waals surface area contributed by atoms with Gasteiger partial charge in [-0.2, -0.15) is 0 Å². The largest absolute Gasteiger partial charge is 0.483 e. The number of carbonyl (C=O) groups is 2. The Bertz CT molecular complexity index is 381. The van der Waals surface area contributed by atoms with Crippen LogP contribution in [0.4, 0.5) is 0 Å². The van der Waals surface area contributed by atoms with E-state index < -0.39 is 0 Å². The third kappa shape index (κ3) is 3.55.